The van der Waals surface area contributed by atoms with E-state index in [1.54, 1.807) is 0 Å². The number of aliphatic carboxylic acids is 1. The van der Waals surface area contributed by atoms with Gasteiger partial charge in [-0.1, -0.05) is 6.92 Å². The Kier molecular flexibility index (Phi) is 4.81. The average Bonchev–Trinajstić information content (AvgIpc) is 2.77. The summed E-state index contributed by atoms with van der Waals surface area (Å²) in [6.45, 7) is 6.90. The van der Waals surface area contributed by atoms with Crippen molar-refractivity contribution < 1.29 is 14.6 Å². The molecule has 2 aliphatic heterocycles. The molecule has 0 aliphatic carbocycles. The minimum absolute atomic E-state index is 0.366. The summed E-state index contributed by atoms with van der Waals surface area (Å²) >= 11 is 0. The van der Waals surface area contributed by atoms with Crippen LogP contribution in [0.25, 0.3) is 0 Å². The molecule has 5 heteroatoms. The summed E-state index contributed by atoms with van der Waals surface area (Å²) in [6, 6.07) is 0.462. The minimum atomic E-state index is -0.697. The fourth-order valence-electron chi connectivity index (χ4n) is 3.25. The van der Waals surface area contributed by atoms with Crippen LogP contribution in [0.15, 0.2) is 0 Å². The van der Waals surface area contributed by atoms with E-state index in [2.05, 4.69) is 23.8 Å². The van der Waals surface area contributed by atoms with Gasteiger partial charge in [0.05, 0.1) is 6.61 Å². The third-order valence-electron chi connectivity index (χ3n) is 4.56. The smallest absolute Gasteiger partial charge is 0.313 e. The van der Waals surface area contributed by atoms with Crippen LogP contribution < -0.4 is 0 Å². The van der Waals surface area contributed by atoms with Crippen LogP contribution >= 0.6 is 0 Å². The largest absolute Gasteiger partial charge is 0.481 e. The van der Waals surface area contributed by atoms with Crippen LogP contribution in [0.4, 0.5) is 0 Å². The lowest BCUT2D eigenvalue weighted by molar-refractivity contribution is -0.150. The molecule has 2 atom stereocenters. The molecule has 0 amide bonds. The van der Waals surface area contributed by atoms with Gasteiger partial charge in [-0.15, -0.1) is 0 Å². The summed E-state index contributed by atoms with van der Waals surface area (Å²) in [6.07, 6.45) is 2.83. The molecular formula is C14H26N2O3. The molecule has 0 aromatic rings. The summed E-state index contributed by atoms with van der Waals surface area (Å²) in [4.78, 5) is 16.4. The number of carboxylic acids is 1. The molecule has 2 saturated heterocycles. The topological polar surface area (TPSA) is 53.0 Å². The van der Waals surface area contributed by atoms with Crippen molar-refractivity contribution in [1.82, 2.24) is 9.80 Å². The Morgan fingerprint density at radius 2 is 2.26 bits per heavy atom. The van der Waals surface area contributed by atoms with Crippen LogP contribution in [0.2, 0.25) is 0 Å². The van der Waals surface area contributed by atoms with E-state index in [4.69, 9.17) is 4.74 Å². The Hall–Kier alpha value is -0.650. The summed E-state index contributed by atoms with van der Waals surface area (Å²) in [5.41, 5.74) is -0.684. The SMILES string of the molecule is CCC1CN(C)CCCN1CC1(C(=O)O)CCOC1. The van der Waals surface area contributed by atoms with Gasteiger partial charge in [0.1, 0.15) is 5.41 Å². The van der Waals surface area contributed by atoms with E-state index in [0.29, 0.717) is 32.2 Å². The van der Waals surface area contributed by atoms with Gasteiger partial charge < -0.3 is 14.7 Å². The van der Waals surface area contributed by atoms with E-state index in [1.165, 1.54) is 0 Å². The molecule has 1 N–H and O–H groups in total. The van der Waals surface area contributed by atoms with Crippen molar-refractivity contribution in [1.29, 1.82) is 0 Å². The fraction of sp³-hybridized carbons (Fsp3) is 0.929. The van der Waals surface area contributed by atoms with Crippen molar-refractivity contribution in [2.45, 2.75) is 32.2 Å². The molecule has 0 spiro atoms. The van der Waals surface area contributed by atoms with Crippen molar-refractivity contribution in [2.24, 2.45) is 5.41 Å². The van der Waals surface area contributed by atoms with Gasteiger partial charge in [-0.05, 0) is 39.4 Å². The van der Waals surface area contributed by atoms with Gasteiger partial charge in [-0.3, -0.25) is 9.69 Å². The normalized spacial score (nSPS) is 34.3. The first kappa shape index (κ1) is 14.8. The van der Waals surface area contributed by atoms with Gasteiger partial charge in [0.2, 0.25) is 0 Å². The van der Waals surface area contributed by atoms with E-state index in [9.17, 15) is 9.90 Å². The second-order valence-electron chi connectivity index (χ2n) is 6.04. The molecule has 2 rings (SSSR count). The predicted octanol–water partition coefficient (Wildman–Crippen LogP) is 0.894. The third kappa shape index (κ3) is 3.27. The van der Waals surface area contributed by atoms with Gasteiger partial charge in [0.25, 0.3) is 0 Å². The quantitative estimate of drug-likeness (QED) is 0.822. The highest BCUT2D eigenvalue weighted by Crippen LogP contribution is 2.31. The first-order chi connectivity index (χ1) is 9.07. The number of rotatable bonds is 4. The molecule has 19 heavy (non-hydrogen) atoms. The molecule has 0 bridgehead atoms. The molecule has 110 valence electrons. The molecule has 5 nitrogen and oxygen atoms in total. The molecule has 2 heterocycles. The lowest BCUT2D eigenvalue weighted by Gasteiger charge is -2.35. The van der Waals surface area contributed by atoms with Crippen molar-refractivity contribution in [2.75, 3.05) is 46.4 Å². The molecule has 2 fully saturated rings. The summed E-state index contributed by atoms with van der Waals surface area (Å²) in [5.74, 6) is -0.697. The van der Waals surface area contributed by atoms with Crippen LogP contribution in [0.3, 0.4) is 0 Å². The minimum Gasteiger partial charge on any atom is -0.481 e. The average molecular weight is 270 g/mol. The van der Waals surface area contributed by atoms with Gasteiger partial charge in [-0.25, -0.2) is 0 Å². The van der Waals surface area contributed by atoms with E-state index in [1.807, 2.05) is 0 Å². The standard InChI is InChI=1S/C14H26N2O3/c1-3-12-9-15(2)6-4-7-16(12)10-14(13(17)18)5-8-19-11-14/h12H,3-11H2,1-2H3,(H,17,18). The maximum atomic E-state index is 11.6. The van der Waals surface area contributed by atoms with Gasteiger partial charge in [0.15, 0.2) is 0 Å². The number of ether oxygens (including phenoxy) is 1. The highest BCUT2D eigenvalue weighted by atomic mass is 16.5. The van der Waals surface area contributed by atoms with Crippen LogP contribution in [0, 0.1) is 5.41 Å². The number of carbonyl (C=O) groups is 1. The predicted molar refractivity (Wildman–Crippen MR) is 73.3 cm³/mol. The van der Waals surface area contributed by atoms with Crippen LogP contribution in [0.5, 0.6) is 0 Å². The first-order valence-electron chi connectivity index (χ1n) is 7.31. The lowest BCUT2D eigenvalue weighted by Crippen LogP contribution is -2.49. The molecule has 2 aliphatic rings. The molecule has 2 unspecified atom stereocenters. The van der Waals surface area contributed by atoms with Crippen LogP contribution in [-0.4, -0.2) is 73.4 Å². The fourth-order valence-corrected chi connectivity index (χ4v) is 3.25. The molecule has 0 saturated carbocycles. The number of hydrogen-bond acceptors (Lipinski definition) is 4. The van der Waals surface area contributed by atoms with E-state index >= 15 is 0 Å². The van der Waals surface area contributed by atoms with Crippen molar-refractivity contribution in [3.8, 4) is 0 Å². The Labute approximate surface area is 115 Å². The number of likely N-dealkylation sites (N-methyl/N-ethyl adjacent to an activating group) is 1. The summed E-state index contributed by atoms with van der Waals surface area (Å²) in [5, 5.41) is 9.56. The van der Waals surface area contributed by atoms with Crippen LogP contribution in [-0.2, 0) is 9.53 Å². The number of nitrogens with zero attached hydrogens (tertiary/aromatic N) is 2. The van der Waals surface area contributed by atoms with Crippen molar-refractivity contribution in [3.05, 3.63) is 0 Å². The highest BCUT2D eigenvalue weighted by Gasteiger charge is 2.44. The zero-order chi connectivity index (χ0) is 13.9. The zero-order valence-corrected chi connectivity index (χ0v) is 12.1. The molecular weight excluding hydrogens is 244 g/mol. The van der Waals surface area contributed by atoms with Gasteiger partial charge >= 0.3 is 5.97 Å². The zero-order valence-electron chi connectivity index (χ0n) is 12.1. The summed E-state index contributed by atoms with van der Waals surface area (Å²) in [7, 11) is 2.15. The summed E-state index contributed by atoms with van der Waals surface area (Å²) < 4.78 is 5.37. The Morgan fingerprint density at radius 3 is 2.84 bits per heavy atom. The molecule has 0 radical (unpaired) electrons. The lowest BCUT2D eigenvalue weighted by atomic mass is 9.86. The van der Waals surface area contributed by atoms with Crippen molar-refractivity contribution in [3.63, 3.8) is 0 Å². The second kappa shape index (κ2) is 6.20. The Balaban J connectivity index is 2.08. The van der Waals surface area contributed by atoms with Crippen molar-refractivity contribution >= 4 is 5.97 Å². The number of hydrogen-bond donors (Lipinski definition) is 1. The van der Waals surface area contributed by atoms with Gasteiger partial charge in [0, 0.05) is 25.7 Å². The maximum Gasteiger partial charge on any atom is 0.313 e. The molecule has 0 aromatic carbocycles. The monoisotopic (exact) mass is 270 g/mol. The molecule has 0 aromatic heterocycles. The van der Waals surface area contributed by atoms with E-state index in [0.717, 1.165) is 32.5 Å². The van der Waals surface area contributed by atoms with E-state index < -0.39 is 11.4 Å². The highest BCUT2D eigenvalue weighted by molar-refractivity contribution is 5.75. The second-order valence-corrected chi connectivity index (χ2v) is 6.04. The Morgan fingerprint density at radius 1 is 1.47 bits per heavy atom. The maximum absolute atomic E-state index is 11.6. The number of carboxylic acid groups (broad SMARTS) is 1. The van der Waals surface area contributed by atoms with E-state index in [-0.39, 0.29) is 0 Å². The third-order valence-corrected chi connectivity index (χ3v) is 4.56. The van der Waals surface area contributed by atoms with Gasteiger partial charge in [-0.2, -0.15) is 0 Å². The first-order valence-corrected chi connectivity index (χ1v) is 7.31. The van der Waals surface area contributed by atoms with Crippen LogP contribution in [0.1, 0.15) is 26.2 Å². The Bertz CT molecular complexity index is 316.